The van der Waals surface area contributed by atoms with Crippen molar-refractivity contribution in [1.29, 1.82) is 0 Å². The van der Waals surface area contributed by atoms with Crippen LogP contribution >= 0.6 is 0 Å². The average Bonchev–Trinajstić information content (AvgIpc) is 2.22. The van der Waals surface area contributed by atoms with Crippen molar-refractivity contribution in [2.45, 2.75) is 20.3 Å². The van der Waals surface area contributed by atoms with Gasteiger partial charge in [-0.3, -0.25) is 4.79 Å². The number of amides is 1. The Morgan fingerprint density at radius 3 is 2.94 bits per heavy atom. The van der Waals surface area contributed by atoms with E-state index in [2.05, 4.69) is 5.32 Å². The monoisotopic (exact) mass is 218 g/mol. The summed E-state index contributed by atoms with van der Waals surface area (Å²) in [7, 11) is 0. The summed E-state index contributed by atoms with van der Waals surface area (Å²) in [4.78, 5) is 10.6. The van der Waals surface area contributed by atoms with Crippen LogP contribution in [0.3, 0.4) is 0 Å². The standard InChI is InChI=1S/C13H18N2O/c1-10-6-7-13(14)12(9-10)5-3-4-8-15-11(2)16/h3,5-7,9H,4,8,14H2,1-2H3,(H,15,16). The van der Waals surface area contributed by atoms with Crippen molar-refractivity contribution in [3.05, 3.63) is 35.4 Å². The zero-order valence-electron chi connectivity index (χ0n) is 9.79. The van der Waals surface area contributed by atoms with Crippen molar-refractivity contribution in [3.63, 3.8) is 0 Å². The highest BCUT2D eigenvalue weighted by molar-refractivity contribution is 5.72. The Labute approximate surface area is 96.3 Å². The smallest absolute Gasteiger partial charge is 0.216 e. The fourth-order valence-electron chi connectivity index (χ4n) is 1.38. The largest absolute Gasteiger partial charge is 0.398 e. The Morgan fingerprint density at radius 1 is 1.50 bits per heavy atom. The van der Waals surface area contributed by atoms with E-state index < -0.39 is 0 Å². The van der Waals surface area contributed by atoms with Crippen molar-refractivity contribution in [3.8, 4) is 0 Å². The Balaban J connectivity index is 2.49. The maximum atomic E-state index is 10.6. The lowest BCUT2D eigenvalue weighted by Crippen LogP contribution is -2.20. The van der Waals surface area contributed by atoms with E-state index in [0.29, 0.717) is 6.54 Å². The van der Waals surface area contributed by atoms with Gasteiger partial charge in [0.25, 0.3) is 0 Å². The van der Waals surface area contributed by atoms with E-state index in [0.717, 1.165) is 17.7 Å². The van der Waals surface area contributed by atoms with Crippen molar-refractivity contribution in [2.75, 3.05) is 12.3 Å². The normalized spacial score (nSPS) is 10.6. The van der Waals surface area contributed by atoms with Crippen LogP contribution in [0.2, 0.25) is 0 Å². The van der Waals surface area contributed by atoms with Crippen LogP contribution in [-0.4, -0.2) is 12.5 Å². The average molecular weight is 218 g/mol. The van der Waals surface area contributed by atoms with Crippen molar-refractivity contribution < 1.29 is 4.79 Å². The van der Waals surface area contributed by atoms with Gasteiger partial charge in [-0.2, -0.15) is 0 Å². The van der Waals surface area contributed by atoms with Crippen molar-refractivity contribution >= 4 is 17.7 Å². The zero-order chi connectivity index (χ0) is 12.0. The third kappa shape index (κ3) is 4.17. The molecule has 0 aliphatic rings. The molecule has 1 aromatic rings. The van der Waals surface area contributed by atoms with Gasteiger partial charge < -0.3 is 11.1 Å². The molecular weight excluding hydrogens is 200 g/mol. The summed E-state index contributed by atoms with van der Waals surface area (Å²) in [5.41, 5.74) is 8.83. The van der Waals surface area contributed by atoms with E-state index in [9.17, 15) is 4.79 Å². The number of nitrogens with one attached hydrogen (secondary N) is 1. The maximum absolute atomic E-state index is 10.6. The number of carbonyl (C=O) groups excluding carboxylic acids is 1. The number of carbonyl (C=O) groups is 1. The maximum Gasteiger partial charge on any atom is 0.216 e. The van der Waals surface area contributed by atoms with Gasteiger partial charge in [-0.1, -0.05) is 23.8 Å². The quantitative estimate of drug-likeness (QED) is 0.600. The molecule has 1 amide bonds. The lowest BCUT2D eigenvalue weighted by Gasteiger charge is -2.02. The summed E-state index contributed by atoms with van der Waals surface area (Å²) in [6, 6.07) is 5.94. The minimum atomic E-state index is 0.00321. The van der Waals surface area contributed by atoms with E-state index in [4.69, 9.17) is 5.73 Å². The fourth-order valence-corrected chi connectivity index (χ4v) is 1.38. The summed E-state index contributed by atoms with van der Waals surface area (Å²) < 4.78 is 0. The number of benzene rings is 1. The van der Waals surface area contributed by atoms with Crippen molar-refractivity contribution in [2.24, 2.45) is 0 Å². The molecule has 3 nitrogen and oxygen atoms in total. The molecular formula is C13H18N2O. The highest BCUT2D eigenvalue weighted by Crippen LogP contribution is 2.15. The SMILES string of the molecule is CC(=O)NCCC=Cc1cc(C)ccc1N. The molecule has 0 spiro atoms. The molecule has 0 heterocycles. The van der Waals surface area contributed by atoms with Gasteiger partial charge in [0.15, 0.2) is 0 Å². The first-order chi connectivity index (χ1) is 7.59. The first-order valence-corrected chi connectivity index (χ1v) is 5.36. The van der Waals surface area contributed by atoms with Gasteiger partial charge in [0.05, 0.1) is 0 Å². The van der Waals surface area contributed by atoms with E-state index in [-0.39, 0.29) is 5.91 Å². The predicted molar refractivity (Wildman–Crippen MR) is 67.9 cm³/mol. The number of hydrogen-bond donors (Lipinski definition) is 2. The van der Waals surface area contributed by atoms with E-state index in [1.165, 1.54) is 12.5 Å². The van der Waals surface area contributed by atoms with Gasteiger partial charge >= 0.3 is 0 Å². The van der Waals surface area contributed by atoms with Crippen LogP contribution in [0.25, 0.3) is 6.08 Å². The number of rotatable bonds is 4. The molecule has 0 aliphatic heterocycles. The Bertz CT molecular complexity index is 397. The highest BCUT2D eigenvalue weighted by Gasteiger charge is 1.94. The van der Waals surface area contributed by atoms with Crippen LogP contribution in [0.15, 0.2) is 24.3 Å². The van der Waals surface area contributed by atoms with Crippen LogP contribution in [0.5, 0.6) is 0 Å². The summed E-state index contributed by atoms with van der Waals surface area (Å²) in [6.07, 6.45) is 4.82. The molecule has 1 rings (SSSR count). The summed E-state index contributed by atoms with van der Waals surface area (Å²) >= 11 is 0. The van der Waals surface area contributed by atoms with E-state index >= 15 is 0 Å². The van der Waals surface area contributed by atoms with Crippen LogP contribution in [0.1, 0.15) is 24.5 Å². The number of anilines is 1. The molecule has 3 heteroatoms. The Morgan fingerprint density at radius 2 is 2.25 bits per heavy atom. The summed E-state index contributed by atoms with van der Waals surface area (Å²) in [5, 5.41) is 2.74. The molecule has 0 aromatic heterocycles. The minimum Gasteiger partial charge on any atom is -0.398 e. The van der Waals surface area contributed by atoms with Crippen LogP contribution in [0.4, 0.5) is 5.69 Å². The molecule has 0 saturated carbocycles. The molecule has 0 atom stereocenters. The van der Waals surface area contributed by atoms with Crippen LogP contribution < -0.4 is 11.1 Å². The Kier molecular flexibility index (Phi) is 4.58. The van der Waals surface area contributed by atoms with Gasteiger partial charge in [-0.05, 0) is 31.0 Å². The second kappa shape index (κ2) is 5.95. The molecule has 0 unspecified atom stereocenters. The second-order valence-corrected chi connectivity index (χ2v) is 3.81. The van der Waals surface area contributed by atoms with Gasteiger partial charge in [0.1, 0.15) is 0 Å². The van der Waals surface area contributed by atoms with Gasteiger partial charge in [0, 0.05) is 19.2 Å². The zero-order valence-corrected chi connectivity index (χ0v) is 9.79. The lowest BCUT2D eigenvalue weighted by atomic mass is 10.1. The topological polar surface area (TPSA) is 55.1 Å². The first kappa shape index (κ1) is 12.3. The summed E-state index contributed by atoms with van der Waals surface area (Å²) in [6.45, 7) is 4.22. The van der Waals surface area contributed by atoms with Crippen LogP contribution in [-0.2, 0) is 4.79 Å². The second-order valence-electron chi connectivity index (χ2n) is 3.81. The molecule has 0 fully saturated rings. The van der Waals surface area contributed by atoms with E-state index in [1.807, 2.05) is 37.3 Å². The molecule has 16 heavy (non-hydrogen) atoms. The number of aryl methyl sites for hydroxylation is 1. The molecule has 3 N–H and O–H groups in total. The predicted octanol–water partition coefficient (Wildman–Crippen LogP) is 2.12. The Hall–Kier alpha value is -1.77. The van der Waals surface area contributed by atoms with Gasteiger partial charge in [0.2, 0.25) is 5.91 Å². The molecule has 86 valence electrons. The van der Waals surface area contributed by atoms with E-state index in [1.54, 1.807) is 0 Å². The first-order valence-electron chi connectivity index (χ1n) is 5.36. The molecule has 0 saturated heterocycles. The van der Waals surface area contributed by atoms with Crippen LogP contribution in [0, 0.1) is 6.92 Å². The third-order valence-corrected chi connectivity index (χ3v) is 2.22. The molecule has 0 radical (unpaired) electrons. The highest BCUT2D eigenvalue weighted by atomic mass is 16.1. The minimum absolute atomic E-state index is 0.00321. The van der Waals surface area contributed by atoms with Gasteiger partial charge in [-0.15, -0.1) is 0 Å². The third-order valence-electron chi connectivity index (χ3n) is 2.22. The molecule has 1 aromatic carbocycles. The molecule has 0 aliphatic carbocycles. The van der Waals surface area contributed by atoms with Crippen molar-refractivity contribution in [1.82, 2.24) is 5.32 Å². The lowest BCUT2D eigenvalue weighted by molar-refractivity contribution is -0.118. The fraction of sp³-hybridized carbons (Fsp3) is 0.308. The summed E-state index contributed by atoms with van der Waals surface area (Å²) in [5.74, 6) is 0.00321. The number of hydrogen-bond acceptors (Lipinski definition) is 2. The number of nitrogen functional groups attached to an aromatic ring is 1. The molecule has 0 bridgehead atoms. The van der Waals surface area contributed by atoms with Gasteiger partial charge in [-0.25, -0.2) is 0 Å². The number of nitrogens with two attached hydrogens (primary N) is 1.